The minimum atomic E-state index is -0.231. The Labute approximate surface area is 98.5 Å². The van der Waals surface area contributed by atoms with Gasteiger partial charge in [0.15, 0.2) is 0 Å². The molecule has 86 valence electrons. The van der Waals surface area contributed by atoms with Crippen LogP contribution in [0.15, 0.2) is 36.4 Å². The summed E-state index contributed by atoms with van der Waals surface area (Å²) in [5.74, 6) is -0.0661. The Kier molecular flexibility index (Phi) is 2.16. The number of halogens is 1. The van der Waals surface area contributed by atoms with Crippen molar-refractivity contribution < 1.29 is 9.50 Å². The van der Waals surface area contributed by atoms with Gasteiger partial charge in [0.1, 0.15) is 11.6 Å². The topological polar surface area (TPSA) is 46.2 Å². The number of hydrogen-bond donors (Lipinski definition) is 2. The van der Waals surface area contributed by atoms with Gasteiger partial charge in [0, 0.05) is 18.0 Å². The van der Waals surface area contributed by atoms with Gasteiger partial charge in [0.25, 0.3) is 0 Å². The van der Waals surface area contributed by atoms with Crippen LogP contribution in [0.4, 0.5) is 4.39 Å². The number of benzene rings is 2. The van der Waals surface area contributed by atoms with Gasteiger partial charge in [-0.15, -0.1) is 0 Å². The largest absolute Gasteiger partial charge is 0.508 e. The van der Waals surface area contributed by atoms with E-state index in [1.54, 1.807) is 24.3 Å². The maximum atomic E-state index is 13.9. The number of fused-ring (bicyclic) bond motifs is 3. The van der Waals surface area contributed by atoms with Gasteiger partial charge in [-0.2, -0.15) is 0 Å². The lowest BCUT2D eigenvalue weighted by atomic mass is 9.97. The van der Waals surface area contributed by atoms with E-state index in [-0.39, 0.29) is 17.5 Å². The first-order valence-corrected chi connectivity index (χ1v) is 5.54. The highest BCUT2D eigenvalue weighted by atomic mass is 19.1. The fourth-order valence-electron chi connectivity index (χ4n) is 2.60. The summed E-state index contributed by atoms with van der Waals surface area (Å²) in [6.07, 6.45) is 0. The van der Waals surface area contributed by atoms with Gasteiger partial charge in [-0.1, -0.05) is 18.2 Å². The van der Waals surface area contributed by atoms with E-state index in [0.29, 0.717) is 12.1 Å². The van der Waals surface area contributed by atoms with Gasteiger partial charge in [-0.25, -0.2) is 4.39 Å². The molecule has 1 atom stereocenters. The molecule has 0 radical (unpaired) electrons. The predicted molar refractivity (Wildman–Crippen MR) is 64.4 cm³/mol. The Balaban J connectivity index is 2.34. The van der Waals surface area contributed by atoms with Crippen LogP contribution in [0.5, 0.6) is 5.75 Å². The zero-order valence-corrected chi connectivity index (χ0v) is 9.15. The molecule has 0 amide bonds. The second-order valence-corrected chi connectivity index (χ2v) is 4.26. The Morgan fingerprint density at radius 1 is 1.18 bits per heavy atom. The fraction of sp³-hybridized carbons (Fsp3) is 0.143. The third-order valence-electron chi connectivity index (χ3n) is 3.34. The zero-order valence-electron chi connectivity index (χ0n) is 9.15. The highest BCUT2D eigenvalue weighted by Gasteiger charge is 2.29. The van der Waals surface area contributed by atoms with E-state index in [4.69, 9.17) is 5.73 Å². The van der Waals surface area contributed by atoms with Gasteiger partial charge >= 0.3 is 0 Å². The maximum Gasteiger partial charge on any atom is 0.131 e. The Morgan fingerprint density at radius 2 is 2.00 bits per heavy atom. The molecule has 2 aromatic carbocycles. The van der Waals surface area contributed by atoms with E-state index in [9.17, 15) is 9.50 Å². The molecule has 0 spiro atoms. The molecular weight excluding hydrogens is 217 g/mol. The Hall–Kier alpha value is -1.87. The van der Waals surface area contributed by atoms with Crippen molar-refractivity contribution in [1.29, 1.82) is 0 Å². The fourth-order valence-corrected chi connectivity index (χ4v) is 2.60. The smallest absolute Gasteiger partial charge is 0.131 e. The minimum absolute atomic E-state index is 0.0252. The van der Waals surface area contributed by atoms with Crippen LogP contribution in [0.1, 0.15) is 17.0 Å². The van der Waals surface area contributed by atoms with Gasteiger partial charge in [0.2, 0.25) is 0 Å². The summed E-state index contributed by atoms with van der Waals surface area (Å²) >= 11 is 0. The number of aromatic hydroxyl groups is 1. The summed E-state index contributed by atoms with van der Waals surface area (Å²) in [6, 6.07) is 10.0. The molecule has 0 aliphatic heterocycles. The predicted octanol–water partition coefficient (Wildman–Crippen LogP) is 2.60. The van der Waals surface area contributed by atoms with Crippen LogP contribution >= 0.6 is 0 Å². The van der Waals surface area contributed by atoms with Gasteiger partial charge < -0.3 is 10.8 Å². The van der Waals surface area contributed by atoms with Crippen molar-refractivity contribution in [3.63, 3.8) is 0 Å². The molecule has 3 rings (SSSR count). The third-order valence-corrected chi connectivity index (χ3v) is 3.34. The van der Waals surface area contributed by atoms with E-state index in [2.05, 4.69) is 0 Å². The summed E-state index contributed by atoms with van der Waals surface area (Å²) in [7, 11) is 0. The normalized spacial score (nSPS) is 16.7. The van der Waals surface area contributed by atoms with Crippen molar-refractivity contribution in [2.24, 2.45) is 5.73 Å². The van der Waals surface area contributed by atoms with Crippen LogP contribution in [-0.2, 0) is 0 Å². The Morgan fingerprint density at radius 3 is 2.76 bits per heavy atom. The zero-order chi connectivity index (χ0) is 12.0. The first-order valence-electron chi connectivity index (χ1n) is 5.54. The van der Waals surface area contributed by atoms with E-state index in [0.717, 1.165) is 16.7 Å². The molecule has 1 aliphatic rings. The maximum absolute atomic E-state index is 13.9. The average molecular weight is 229 g/mol. The van der Waals surface area contributed by atoms with Crippen molar-refractivity contribution in [2.45, 2.75) is 5.92 Å². The SMILES string of the molecule is NCC1c2cc(O)ccc2-c2c(F)cccc21. The van der Waals surface area contributed by atoms with Crippen molar-refractivity contribution in [3.8, 4) is 16.9 Å². The van der Waals surface area contributed by atoms with E-state index >= 15 is 0 Å². The number of nitrogens with two attached hydrogens (primary N) is 1. The minimum Gasteiger partial charge on any atom is -0.508 e. The molecule has 17 heavy (non-hydrogen) atoms. The molecule has 0 saturated carbocycles. The number of phenols is 1. The molecule has 3 heteroatoms. The molecule has 0 heterocycles. The average Bonchev–Trinajstić information content (AvgIpc) is 2.63. The molecule has 0 fully saturated rings. The molecule has 1 unspecified atom stereocenters. The molecular formula is C14H12FNO. The summed E-state index contributed by atoms with van der Waals surface area (Å²) in [4.78, 5) is 0. The van der Waals surface area contributed by atoms with Crippen LogP contribution in [0.25, 0.3) is 11.1 Å². The van der Waals surface area contributed by atoms with Crippen LogP contribution in [0.2, 0.25) is 0 Å². The summed E-state index contributed by atoms with van der Waals surface area (Å²) in [6.45, 7) is 0.410. The first-order chi connectivity index (χ1) is 8.22. The lowest BCUT2D eigenvalue weighted by Gasteiger charge is -2.10. The lowest BCUT2D eigenvalue weighted by Crippen LogP contribution is -2.11. The lowest BCUT2D eigenvalue weighted by molar-refractivity contribution is 0.474. The summed E-state index contributed by atoms with van der Waals surface area (Å²) in [5, 5.41) is 9.52. The number of phenolic OH excluding ortho intramolecular Hbond substituents is 1. The van der Waals surface area contributed by atoms with E-state index in [1.807, 2.05) is 6.07 Å². The van der Waals surface area contributed by atoms with Gasteiger partial charge in [0.05, 0.1) is 0 Å². The van der Waals surface area contributed by atoms with Crippen molar-refractivity contribution >= 4 is 0 Å². The number of hydrogen-bond acceptors (Lipinski definition) is 2. The summed E-state index contributed by atoms with van der Waals surface area (Å²) in [5.41, 5.74) is 9.04. The monoisotopic (exact) mass is 229 g/mol. The third kappa shape index (κ3) is 1.36. The summed E-state index contributed by atoms with van der Waals surface area (Å²) < 4.78 is 13.9. The highest BCUT2D eigenvalue weighted by molar-refractivity contribution is 5.80. The second-order valence-electron chi connectivity index (χ2n) is 4.26. The van der Waals surface area contributed by atoms with Crippen molar-refractivity contribution in [2.75, 3.05) is 6.54 Å². The van der Waals surface area contributed by atoms with Gasteiger partial charge in [-0.3, -0.25) is 0 Å². The number of rotatable bonds is 1. The van der Waals surface area contributed by atoms with Crippen LogP contribution in [0, 0.1) is 5.82 Å². The van der Waals surface area contributed by atoms with Crippen LogP contribution in [0.3, 0.4) is 0 Å². The molecule has 1 aliphatic carbocycles. The molecule has 0 bridgehead atoms. The molecule has 2 nitrogen and oxygen atoms in total. The quantitative estimate of drug-likeness (QED) is 0.789. The van der Waals surface area contributed by atoms with Crippen molar-refractivity contribution in [3.05, 3.63) is 53.3 Å². The second kappa shape index (κ2) is 3.57. The molecule has 2 aromatic rings. The Bertz CT molecular complexity index is 595. The van der Waals surface area contributed by atoms with E-state index < -0.39 is 0 Å². The van der Waals surface area contributed by atoms with Gasteiger partial charge in [-0.05, 0) is 34.9 Å². The highest BCUT2D eigenvalue weighted by Crippen LogP contribution is 2.46. The molecule has 0 saturated heterocycles. The first kappa shape index (κ1) is 10.3. The molecule has 0 aromatic heterocycles. The van der Waals surface area contributed by atoms with Crippen LogP contribution < -0.4 is 5.73 Å². The van der Waals surface area contributed by atoms with Crippen LogP contribution in [-0.4, -0.2) is 11.7 Å². The van der Waals surface area contributed by atoms with E-state index in [1.165, 1.54) is 6.07 Å². The van der Waals surface area contributed by atoms with Crippen molar-refractivity contribution in [1.82, 2.24) is 0 Å². The molecule has 3 N–H and O–H groups in total. The standard InChI is InChI=1S/C14H12FNO/c15-13-3-1-2-9-12(7-16)11-6-8(17)4-5-10(11)14(9)13/h1-6,12,17H,7,16H2.